The fourth-order valence-electron chi connectivity index (χ4n) is 4.03. The summed E-state index contributed by atoms with van der Waals surface area (Å²) in [6.07, 6.45) is 1.69. The minimum absolute atomic E-state index is 0.136. The molecule has 0 spiro atoms. The molecule has 0 bridgehead atoms. The minimum Gasteiger partial charge on any atom is -0.493 e. The highest BCUT2D eigenvalue weighted by atomic mass is 35.5. The first-order valence-corrected chi connectivity index (χ1v) is 12.8. The van der Waals surface area contributed by atoms with Crippen LogP contribution < -0.4 is 14.2 Å². The summed E-state index contributed by atoms with van der Waals surface area (Å²) >= 11 is 7.55. The molecule has 2 heterocycles. The Bertz CT molecular complexity index is 1590. The highest BCUT2D eigenvalue weighted by molar-refractivity contribution is 7.99. The molecule has 0 aliphatic carbocycles. The van der Waals surface area contributed by atoms with Crippen molar-refractivity contribution in [2.45, 2.75) is 16.8 Å². The number of rotatable bonds is 7. The summed E-state index contributed by atoms with van der Waals surface area (Å²) in [5.74, 6) is 0.848. The van der Waals surface area contributed by atoms with Crippen LogP contribution in [0.25, 0.3) is 17.0 Å². The monoisotopic (exact) mass is 546 g/mol. The van der Waals surface area contributed by atoms with E-state index in [0.717, 1.165) is 32.0 Å². The minimum atomic E-state index is -0.569. The van der Waals surface area contributed by atoms with Crippen LogP contribution in [0.2, 0.25) is 5.02 Å². The molecule has 4 aromatic rings. The van der Waals surface area contributed by atoms with E-state index in [4.69, 9.17) is 35.5 Å². The van der Waals surface area contributed by atoms with Gasteiger partial charge in [0, 0.05) is 26.4 Å². The van der Waals surface area contributed by atoms with E-state index in [1.165, 1.54) is 33.1 Å². The molecule has 0 radical (unpaired) electrons. The highest BCUT2D eigenvalue weighted by Gasteiger charge is 2.27. The molecule has 0 unspecified atom stereocenters. The number of carbonyl (C=O) groups is 1. The van der Waals surface area contributed by atoms with E-state index in [9.17, 15) is 4.79 Å². The SMILES string of the molecule is COc1cc(C2=NC(=Cc3cc4cccc(C)c4nc3Sc3ccc(Cl)cc3)C(=O)O2)cc(OC)c1OC. The number of benzene rings is 3. The van der Waals surface area contributed by atoms with Crippen molar-refractivity contribution in [1.82, 2.24) is 4.98 Å². The molecule has 1 aliphatic rings. The number of pyridine rings is 1. The number of aliphatic imine (C=N–C) groups is 1. The number of esters is 1. The zero-order valence-electron chi connectivity index (χ0n) is 21.1. The molecule has 1 aliphatic heterocycles. The van der Waals surface area contributed by atoms with Crippen molar-refractivity contribution in [3.63, 3.8) is 0 Å². The fraction of sp³-hybridized carbons (Fsp3) is 0.138. The van der Waals surface area contributed by atoms with Crippen LogP contribution in [0.1, 0.15) is 16.7 Å². The number of fused-ring (bicyclic) bond motifs is 1. The molecule has 0 saturated carbocycles. The van der Waals surface area contributed by atoms with Gasteiger partial charge in [-0.3, -0.25) is 0 Å². The summed E-state index contributed by atoms with van der Waals surface area (Å²) < 4.78 is 21.8. The lowest BCUT2D eigenvalue weighted by atomic mass is 10.1. The Morgan fingerprint density at radius 1 is 0.947 bits per heavy atom. The molecular formula is C29H23ClN2O5S. The summed E-state index contributed by atoms with van der Waals surface area (Å²) in [5, 5.41) is 2.34. The lowest BCUT2D eigenvalue weighted by Gasteiger charge is -2.13. The zero-order valence-corrected chi connectivity index (χ0v) is 22.6. The topological polar surface area (TPSA) is 79.2 Å². The number of halogens is 1. The predicted molar refractivity (Wildman–Crippen MR) is 149 cm³/mol. The Hall–Kier alpha value is -4.01. The smallest absolute Gasteiger partial charge is 0.363 e. The maximum Gasteiger partial charge on any atom is 0.363 e. The summed E-state index contributed by atoms with van der Waals surface area (Å²) in [4.78, 5) is 23.3. The Balaban J connectivity index is 1.59. The zero-order chi connectivity index (χ0) is 26.8. The lowest BCUT2D eigenvalue weighted by Crippen LogP contribution is -2.07. The van der Waals surface area contributed by atoms with E-state index in [1.54, 1.807) is 18.2 Å². The van der Waals surface area contributed by atoms with Crippen LogP contribution in [0.5, 0.6) is 17.2 Å². The van der Waals surface area contributed by atoms with Gasteiger partial charge in [0.2, 0.25) is 11.6 Å². The van der Waals surface area contributed by atoms with Crippen molar-refractivity contribution >= 4 is 52.2 Å². The molecule has 5 rings (SSSR count). The molecule has 3 aromatic carbocycles. The maximum atomic E-state index is 12.9. The second-order valence-corrected chi connectivity index (χ2v) is 9.83. The summed E-state index contributed by atoms with van der Waals surface area (Å²) in [7, 11) is 4.55. The third-order valence-electron chi connectivity index (χ3n) is 5.89. The maximum absolute atomic E-state index is 12.9. The normalized spacial score (nSPS) is 14.0. The first kappa shape index (κ1) is 25.6. The van der Waals surface area contributed by atoms with Crippen molar-refractivity contribution in [2.75, 3.05) is 21.3 Å². The van der Waals surface area contributed by atoms with Crippen molar-refractivity contribution in [3.8, 4) is 17.2 Å². The standard InChI is InChI=1S/C29H23ClN2O5S/c1-16-6-5-7-17-12-19(28(32-25(16)17)38-21-10-8-20(30)9-11-21)13-22-29(33)37-27(31-22)18-14-23(34-2)26(36-4)24(15-18)35-3/h5-15H,1-4H3. The van der Waals surface area contributed by atoms with E-state index in [-0.39, 0.29) is 11.6 Å². The van der Waals surface area contributed by atoms with Gasteiger partial charge in [-0.15, -0.1) is 0 Å². The first-order valence-electron chi connectivity index (χ1n) is 11.6. The number of para-hydroxylation sites is 1. The van der Waals surface area contributed by atoms with Crippen LogP contribution >= 0.6 is 23.4 Å². The van der Waals surface area contributed by atoms with E-state index < -0.39 is 5.97 Å². The predicted octanol–water partition coefficient (Wildman–Crippen LogP) is 6.72. The Kier molecular flexibility index (Phi) is 7.26. The van der Waals surface area contributed by atoms with Gasteiger partial charge < -0.3 is 18.9 Å². The van der Waals surface area contributed by atoms with Crippen LogP contribution in [-0.4, -0.2) is 38.2 Å². The van der Waals surface area contributed by atoms with E-state index in [2.05, 4.69) is 4.99 Å². The van der Waals surface area contributed by atoms with Crippen LogP contribution in [-0.2, 0) is 9.53 Å². The van der Waals surface area contributed by atoms with Gasteiger partial charge in [0.1, 0.15) is 5.03 Å². The van der Waals surface area contributed by atoms with Crippen molar-refractivity contribution in [3.05, 3.63) is 88.1 Å². The number of aromatic nitrogens is 1. The summed E-state index contributed by atoms with van der Waals surface area (Å²) in [6, 6.07) is 18.9. The molecule has 192 valence electrons. The number of nitrogens with zero attached hydrogens (tertiary/aromatic N) is 2. The molecule has 0 fully saturated rings. The molecule has 1 aromatic heterocycles. The number of methoxy groups -OCH3 is 3. The van der Waals surface area contributed by atoms with Gasteiger partial charge in [0.15, 0.2) is 17.2 Å². The summed E-state index contributed by atoms with van der Waals surface area (Å²) in [6.45, 7) is 2.02. The second kappa shape index (κ2) is 10.8. The molecule has 38 heavy (non-hydrogen) atoms. The number of cyclic esters (lactones) is 1. The van der Waals surface area contributed by atoms with Gasteiger partial charge in [0.25, 0.3) is 0 Å². The van der Waals surface area contributed by atoms with Crippen LogP contribution in [0.3, 0.4) is 0 Å². The average Bonchev–Trinajstić information content (AvgIpc) is 3.29. The van der Waals surface area contributed by atoms with E-state index in [0.29, 0.717) is 27.8 Å². The van der Waals surface area contributed by atoms with Crippen molar-refractivity contribution in [1.29, 1.82) is 0 Å². The van der Waals surface area contributed by atoms with Crippen LogP contribution in [0.4, 0.5) is 0 Å². The molecular weight excluding hydrogens is 524 g/mol. The van der Waals surface area contributed by atoms with E-state index in [1.807, 2.05) is 55.5 Å². The van der Waals surface area contributed by atoms with E-state index >= 15 is 0 Å². The van der Waals surface area contributed by atoms with Gasteiger partial charge in [-0.05, 0) is 61.0 Å². The molecule has 0 atom stereocenters. The number of carbonyl (C=O) groups excluding carboxylic acids is 1. The number of aryl methyl sites for hydroxylation is 1. The molecule has 0 N–H and O–H groups in total. The largest absolute Gasteiger partial charge is 0.493 e. The van der Waals surface area contributed by atoms with Gasteiger partial charge in [-0.2, -0.15) is 0 Å². The van der Waals surface area contributed by atoms with Gasteiger partial charge in [-0.1, -0.05) is 41.6 Å². The molecule has 0 amide bonds. The van der Waals surface area contributed by atoms with Gasteiger partial charge in [0.05, 0.1) is 26.8 Å². The lowest BCUT2D eigenvalue weighted by molar-refractivity contribution is -0.129. The second-order valence-electron chi connectivity index (χ2n) is 8.34. The molecule has 0 saturated heterocycles. The Morgan fingerprint density at radius 2 is 1.66 bits per heavy atom. The molecule has 7 nitrogen and oxygen atoms in total. The van der Waals surface area contributed by atoms with Gasteiger partial charge in [-0.25, -0.2) is 14.8 Å². The fourth-order valence-corrected chi connectivity index (χ4v) is 5.02. The quantitative estimate of drug-likeness (QED) is 0.188. The Labute approximate surface area is 229 Å². The number of hydrogen-bond acceptors (Lipinski definition) is 8. The third kappa shape index (κ3) is 5.05. The van der Waals surface area contributed by atoms with Crippen LogP contribution in [0.15, 0.2) is 81.3 Å². The molecule has 9 heteroatoms. The third-order valence-corrected chi connectivity index (χ3v) is 7.17. The first-order chi connectivity index (χ1) is 18.4. The Morgan fingerprint density at radius 3 is 2.32 bits per heavy atom. The number of ether oxygens (including phenoxy) is 4. The van der Waals surface area contributed by atoms with Crippen molar-refractivity contribution < 1.29 is 23.7 Å². The summed E-state index contributed by atoms with van der Waals surface area (Å²) in [5.41, 5.74) is 3.36. The highest BCUT2D eigenvalue weighted by Crippen LogP contribution is 2.39. The average molecular weight is 547 g/mol. The van der Waals surface area contributed by atoms with Crippen molar-refractivity contribution in [2.24, 2.45) is 4.99 Å². The van der Waals surface area contributed by atoms with Crippen LogP contribution in [0, 0.1) is 6.92 Å². The number of hydrogen-bond donors (Lipinski definition) is 0. The van der Waals surface area contributed by atoms with Gasteiger partial charge >= 0.3 is 5.97 Å².